The first-order valence-electron chi connectivity index (χ1n) is 5.30. The topological polar surface area (TPSA) is 98.2 Å². The van der Waals surface area contributed by atoms with E-state index in [1.54, 1.807) is 0 Å². The zero-order chi connectivity index (χ0) is 11.7. The fourth-order valence-electron chi connectivity index (χ4n) is 1.26. The summed E-state index contributed by atoms with van der Waals surface area (Å²) in [5.41, 5.74) is 10.6. The number of Topliss-reactive ketones (excluding diaryl/α,β-unsaturated/α-hetero) is 1. The third-order valence-electron chi connectivity index (χ3n) is 2.16. The van der Waals surface area contributed by atoms with Crippen molar-refractivity contribution in [3.63, 3.8) is 0 Å². The van der Waals surface area contributed by atoms with Gasteiger partial charge in [0, 0.05) is 13.0 Å². The van der Waals surface area contributed by atoms with E-state index in [9.17, 15) is 9.59 Å². The number of hydrogen-bond donors (Lipinski definition) is 3. The Balaban J connectivity index is -0.000000980. The largest absolute Gasteiger partial charge is 0.368 e. The van der Waals surface area contributed by atoms with Gasteiger partial charge in [-0.05, 0) is 26.3 Å². The molecule has 0 aliphatic heterocycles. The number of unbranched alkanes of at least 4 members (excludes halogenated alkanes) is 1. The maximum Gasteiger partial charge on any atom is 0.234 e. The first kappa shape index (κ1) is 21.4. The number of nitrogens with one attached hydrogen (secondary N) is 1. The molecule has 0 aromatic carbocycles. The number of carbonyl (C=O) groups is 2. The van der Waals surface area contributed by atoms with Gasteiger partial charge in [0.05, 0.1) is 6.04 Å². The molecule has 0 aromatic heterocycles. The molecule has 0 saturated heterocycles. The molecule has 1 unspecified atom stereocenters. The Hall–Kier alpha value is -0.940. The van der Waals surface area contributed by atoms with Gasteiger partial charge in [0.25, 0.3) is 0 Å². The quantitative estimate of drug-likeness (QED) is 0.525. The highest BCUT2D eigenvalue weighted by Crippen LogP contribution is 1.99. The summed E-state index contributed by atoms with van der Waals surface area (Å²) in [6.45, 7) is 2.65. The van der Waals surface area contributed by atoms with E-state index >= 15 is 0 Å². The maximum absolute atomic E-state index is 11.0. The highest BCUT2D eigenvalue weighted by atomic mass is 16.1. The summed E-state index contributed by atoms with van der Waals surface area (Å²) < 4.78 is 0. The lowest BCUT2D eigenvalue weighted by atomic mass is 10.1. The normalized spacial score (nSPS) is 10.9. The Morgan fingerprint density at radius 1 is 1.24 bits per heavy atom. The fraction of sp³-hybridized carbons (Fsp3) is 0.833. The summed E-state index contributed by atoms with van der Waals surface area (Å²) >= 11 is 0. The summed E-state index contributed by atoms with van der Waals surface area (Å²) in [4.78, 5) is 21.7. The van der Waals surface area contributed by atoms with Gasteiger partial charge in [0.2, 0.25) is 5.91 Å². The van der Waals surface area contributed by atoms with Crippen LogP contribution in [0.3, 0.4) is 0 Å². The molecule has 1 atom stereocenters. The van der Waals surface area contributed by atoms with Crippen LogP contribution in [0.25, 0.3) is 0 Å². The van der Waals surface area contributed by atoms with Crippen molar-refractivity contribution in [2.45, 2.75) is 53.5 Å². The van der Waals surface area contributed by atoms with Crippen molar-refractivity contribution < 1.29 is 9.59 Å². The molecule has 0 fully saturated rings. The third kappa shape index (κ3) is 13.0. The van der Waals surface area contributed by atoms with E-state index in [1.807, 2.05) is 0 Å². The van der Waals surface area contributed by atoms with Crippen molar-refractivity contribution in [1.29, 1.82) is 0 Å². The van der Waals surface area contributed by atoms with Crippen LogP contribution < -0.4 is 16.8 Å². The Morgan fingerprint density at radius 2 is 1.82 bits per heavy atom. The van der Waals surface area contributed by atoms with Gasteiger partial charge in [-0.15, -0.1) is 0 Å². The lowest BCUT2D eigenvalue weighted by molar-refractivity contribution is -0.121. The molecule has 0 bridgehead atoms. The van der Waals surface area contributed by atoms with Crippen LogP contribution in [0.4, 0.5) is 0 Å². The SMILES string of the molecule is C.C.CC(=O)CCNC(CCCCN)C(N)=O. The van der Waals surface area contributed by atoms with Gasteiger partial charge in [0.15, 0.2) is 0 Å². The molecule has 0 aliphatic rings. The highest BCUT2D eigenvalue weighted by molar-refractivity contribution is 5.80. The average Bonchev–Trinajstić information content (AvgIpc) is 2.15. The predicted molar refractivity (Wildman–Crippen MR) is 72.7 cm³/mol. The molecule has 17 heavy (non-hydrogen) atoms. The smallest absolute Gasteiger partial charge is 0.234 e. The molecule has 0 aromatic rings. The maximum atomic E-state index is 11.0. The average molecular weight is 247 g/mol. The lowest BCUT2D eigenvalue weighted by Gasteiger charge is -2.14. The molecule has 5 heteroatoms. The lowest BCUT2D eigenvalue weighted by Crippen LogP contribution is -2.42. The van der Waals surface area contributed by atoms with Crippen LogP contribution in [-0.4, -0.2) is 30.8 Å². The Bertz CT molecular complexity index is 208. The van der Waals surface area contributed by atoms with Crippen molar-refractivity contribution >= 4 is 11.7 Å². The number of nitrogens with two attached hydrogens (primary N) is 2. The second-order valence-electron chi connectivity index (χ2n) is 3.65. The second kappa shape index (κ2) is 13.1. The van der Waals surface area contributed by atoms with Crippen LogP contribution in [0.1, 0.15) is 47.5 Å². The Morgan fingerprint density at radius 3 is 2.24 bits per heavy atom. The van der Waals surface area contributed by atoms with Crippen molar-refractivity contribution in [2.75, 3.05) is 13.1 Å². The number of hydrogen-bond acceptors (Lipinski definition) is 4. The molecule has 104 valence electrons. The minimum absolute atomic E-state index is 0. The zero-order valence-electron chi connectivity index (χ0n) is 9.29. The number of carbonyl (C=O) groups excluding carboxylic acids is 2. The predicted octanol–water partition coefficient (Wildman–Crippen LogP) is 0.810. The Labute approximate surface area is 105 Å². The molecular weight excluding hydrogens is 218 g/mol. The molecule has 0 rings (SSSR count). The molecule has 0 spiro atoms. The first-order valence-corrected chi connectivity index (χ1v) is 5.30. The number of ketones is 1. The molecule has 5 nitrogen and oxygen atoms in total. The van der Waals surface area contributed by atoms with Crippen LogP contribution in [0.5, 0.6) is 0 Å². The van der Waals surface area contributed by atoms with Gasteiger partial charge in [-0.2, -0.15) is 0 Å². The van der Waals surface area contributed by atoms with Gasteiger partial charge < -0.3 is 16.8 Å². The first-order chi connectivity index (χ1) is 7.07. The Kier molecular flexibility index (Phi) is 16.5. The van der Waals surface area contributed by atoms with Crippen LogP contribution >= 0.6 is 0 Å². The summed E-state index contributed by atoms with van der Waals surface area (Å²) in [6, 6.07) is -0.337. The molecule has 0 radical (unpaired) electrons. The van der Waals surface area contributed by atoms with Gasteiger partial charge in [-0.1, -0.05) is 21.3 Å². The van der Waals surface area contributed by atoms with Gasteiger partial charge in [-0.3, -0.25) is 9.59 Å². The van der Waals surface area contributed by atoms with Gasteiger partial charge in [-0.25, -0.2) is 0 Å². The van der Waals surface area contributed by atoms with E-state index in [4.69, 9.17) is 11.5 Å². The van der Waals surface area contributed by atoms with Crippen molar-refractivity contribution in [1.82, 2.24) is 5.32 Å². The second-order valence-corrected chi connectivity index (χ2v) is 3.65. The molecule has 5 N–H and O–H groups in total. The minimum atomic E-state index is -0.365. The monoisotopic (exact) mass is 247 g/mol. The third-order valence-corrected chi connectivity index (χ3v) is 2.16. The minimum Gasteiger partial charge on any atom is -0.368 e. The van der Waals surface area contributed by atoms with E-state index in [-0.39, 0.29) is 32.6 Å². The molecule has 1 amide bonds. The fourth-order valence-corrected chi connectivity index (χ4v) is 1.26. The van der Waals surface area contributed by atoms with Crippen molar-refractivity contribution in [2.24, 2.45) is 11.5 Å². The number of amides is 1. The summed E-state index contributed by atoms with van der Waals surface area (Å²) in [6.07, 6.45) is 2.88. The van der Waals surface area contributed by atoms with Crippen molar-refractivity contribution in [3.8, 4) is 0 Å². The van der Waals surface area contributed by atoms with Gasteiger partial charge >= 0.3 is 0 Å². The summed E-state index contributed by atoms with van der Waals surface area (Å²) in [7, 11) is 0. The standard InChI is InChI=1S/C10H21N3O2.2CH4/c1-8(14)5-7-13-9(10(12)15)4-2-3-6-11;;/h9,13H,2-7,11H2,1H3,(H2,12,15);2*1H4. The van der Waals surface area contributed by atoms with E-state index in [0.717, 1.165) is 12.8 Å². The molecule has 0 saturated carbocycles. The van der Waals surface area contributed by atoms with E-state index in [2.05, 4.69) is 5.32 Å². The molecule has 0 heterocycles. The van der Waals surface area contributed by atoms with Crippen molar-refractivity contribution in [3.05, 3.63) is 0 Å². The van der Waals surface area contributed by atoms with Crippen LogP contribution in [0.15, 0.2) is 0 Å². The van der Waals surface area contributed by atoms with Crippen LogP contribution in [0.2, 0.25) is 0 Å². The zero-order valence-corrected chi connectivity index (χ0v) is 9.29. The van der Waals surface area contributed by atoms with E-state index in [0.29, 0.717) is 25.9 Å². The van der Waals surface area contributed by atoms with Gasteiger partial charge in [0.1, 0.15) is 5.78 Å². The summed E-state index contributed by atoms with van der Waals surface area (Å²) in [5, 5.41) is 2.97. The van der Waals surface area contributed by atoms with Crippen LogP contribution in [0, 0.1) is 0 Å². The van der Waals surface area contributed by atoms with E-state index < -0.39 is 0 Å². The number of primary amides is 1. The molecule has 0 aliphatic carbocycles. The number of rotatable bonds is 9. The molecular formula is C12H29N3O2. The van der Waals surface area contributed by atoms with Crippen LogP contribution in [-0.2, 0) is 9.59 Å². The highest BCUT2D eigenvalue weighted by Gasteiger charge is 2.13. The summed E-state index contributed by atoms with van der Waals surface area (Å²) in [5.74, 6) is -0.261. The van der Waals surface area contributed by atoms with E-state index in [1.165, 1.54) is 6.92 Å².